The molecular formula is C14H19ClF3N3OS. The van der Waals surface area contributed by atoms with Crippen molar-refractivity contribution in [2.24, 2.45) is 5.41 Å². The lowest BCUT2D eigenvalue weighted by molar-refractivity contribution is -0.0329. The number of piperidine rings is 1. The Morgan fingerprint density at radius 3 is 2.70 bits per heavy atom. The Hall–Kier alpha value is -0.990. The summed E-state index contributed by atoms with van der Waals surface area (Å²) >= 11 is -0.366. The smallest absolute Gasteiger partial charge is 0.351 e. The molecule has 0 aromatic carbocycles. The maximum absolute atomic E-state index is 12.5. The van der Waals surface area contributed by atoms with Gasteiger partial charge in [0.1, 0.15) is 5.03 Å². The standard InChI is InChI=1S/C14H18F3N3OS.ClH/c1-13(4-7-18-8-5-13)9-20-11(21)10-3-2-6-19-12(10)22-14(15,16)17;/h2-3,6,18H,4-5,7-9H2,1H3,(H,20,21);1H. The molecule has 1 aromatic heterocycles. The topological polar surface area (TPSA) is 54.0 Å². The molecule has 1 aliphatic rings. The molecule has 0 bridgehead atoms. The van der Waals surface area contributed by atoms with Crippen molar-refractivity contribution in [3.8, 4) is 0 Å². The number of hydrogen-bond acceptors (Lipinski definition) is 4. The normalized spacial score (nSPS) is 17.2. The van der Waals surface area contributed by atoms with Crippen LogP contribution in [-0.4, -0.2) is 36.0 Å². The molecule has 9 heteroatoms. The van der Waals surface area contributed by atoms with Gasteiger partial charge in [0.2, 0.25) is 0 Å². The minimum absolute atomic E-state index is 0. The van der Waals surface area contributed by atoms with Gasteiger partial charge in [-0.3, -0.25) is 4.79 Å². The van der Waals surface area contributed by atoms with Gasteiger partial charge in [0.15, 0.2) is 0 Å². The molecule has 1 fully saturated rings. The lowest BCUT2D eigenvalue weighted by atomic mass is 9.81. The number of hydrogen-bond donors (Lipinski definition) is 2. The van der Waals surface area contributed by atoms with Crippen LogP contribution >= 0.6 is 24.2 Å². The molecule has 0 radical (unpaired) electrons. The SMILES string of the molecule is CC1(CNC(=O)c2cccnc2SC(F)(F)F)CCNCC1.Cl. The molecule has 2 N–H and O–H groups in total. The number of nitrogens with one attached hydrogen (secondary N) is 2. The molecular weight excluding hydrogens is 351 g/mol. The number of pyridine rings is 1. The Kier molecular flexibility index (Phi) is 7.16. The summed E-state index contributed by atoms with van der Waals surface area (Å²) in [7, 11) is 0. The first kappa shape index (κ1) is 20.1. The van der Waals surface area contributed by atoms with Crippen molar-refractivity contribution in [2.45, 2.75) is 30.3 Å². The van der Waals surface area contributed by atoms with E-state index >= 15 is 0 Å². The molecule has 1 aliphatic heterocycles. The zero-order valence-electron chi connectivity index (χ0n) is 12.6. The summed E-state index contributed by atoms with van der Waals surface area (Å²) in [6.45, 7) is 4.28. The van der Waals surface area contributed by atoms with E-state index in [1.54, 1.807) is 0 Å². The fourth-order valence-corrected chi connectivity index (χ4v) is 2.95. The van der Waals surface area contributed by atoms with E-state index < -0.39 is 11.4 Å². The first-order valence-corrected chi connectivity index (χ1v) is 7.80. The van der Waals surface area contributed by atoms with Crippen LogP contribution in [0.1, 0.15) is 30.1 Å². The van der Waals surface area contributed by atoms with Crippen LogP contribution in [0, 0.1) is 5.41 Å². The van der Waals surface area contributed by atoms with E-state index in [-0.39, 0.29) is 40.2 Å². The van der Waals surface area contributed by atoms with Crippen molar-refractivity contribution >= 4 is 30.1 Å². The number of halogens is 4. The van der Waals surface area contributed by atoms with Gasteiger partial charge in [-0.2, -0.15) is 13.2 Å². The van der Waals surface area contributed by atoms with Gasteiger partial charge in [0, 0.05) is 24.5 Å². The van der Waals surface area contributed by atoms with Gasteiger partial charge in [-0.1, -0.05) is 6.92 Å². The minimum Gasteiger partial charge on any atom is -0.351 e. The minimum atomic E-state index is -4.47. The molecule has 1 aromatic rings. The van der Waals surface area contributed by atoms with Crippen LogP contribution in [0.15, 0.2) is 23.4 Å². The van der Waals surface area contributed by atoms with Crippen LogP contribution in [-0.2, 0) is 0 Å². The molecule has 0 unspecified atom stereocenters. The molecule has 4 nitrogen and oxygen atoms in total. The Morgan fingerprint density at radius 2 is 2.09 bits per heavy atom. The summed E-state index contributed by atoms with van der Waals surface area (Å²) in [5.41, 5.74) is -4.53. The van der Waals surface area contributed by atoms with Gasteiger partial charge in [-0.15, -0.1) is 12.4 Å². The van der Waals surface area contributed by atoms with E-state index in [2.05, 4.69) is 22.5 Å². The highest BCUT2D eigenvalue weighted by atomic mass is 35.5. The van der Waals surface area contributed by atoms with Gasteiger partial charge in [0.25, 0.3) is 5.91 Å². The third kappa shape index (κ3) is 6.19. The van der Waals surface area contributed by atoms with E-state index in [1.807, 2.05) is 0 Å². The molecule has 0 saturated carbocycles. The monoisotopic (exact) mass is 369 g/mol. The Bertz CT molecular complexity index is 536. The number of carbonyl (C=O) groups is 1. The Morgan fingerprint density at radius 1 is 1.43 bits per heavy atom. The van der Waals surface area contributed by atoms with Crippen LogP contribution in [0.4, 0.5) is 13.2 Å². The zero-order valence-corrected chi connectivity index (χ0v) is 14.2. The fourth-order valence-electron chi connectivity index (χ4n) is 2.35. The van der Waals surface area contributed by atoms with E-state index in [9.17, 15) is 18.0 Å². The third-order valence-electron chi connectivity index (χ3n) is 3.71. The molecule has 1 amide bonds. The highest BCUT2D eigenvalue weighted by Gasteiger charge is 2.33. The summed E-state index contributed by atoms with van der Waals surface area (Å²) in [6.07, 6.45) is 3.09. The van der Waals surface area contributed by atoms with Crippen LogP contribution in [0.25, 0.3) is 0 Å². The fraction of sp³-hybridized carbons (Fsp3) is 0.571. The molecule has 130 valence electrons. The van der Waals surface area contributed by atoms with Crippen molar-refractivity contribution in [3.05, 3.63) is 23.9 Å². The lowest BCUT2D eigenvalue weighted by Gasteiger charge is -2.34. The Balaban J connectivity index is 0.00000264. The van der Waals surface area contributed by atoms with Gasteiger partial charge in [0.05, 0.1) is 5.56 Å². The summed E-state index contributed by atoms with van der Waals surface area (Å²) < 4.78 is 37.5. The number of nitrogens with zero attached hydrogens (tertiary/aromatic N) is 1. The van der Waals surface area contributed by atoms with E-state index in [4.69, 9.17) is 0 Å². The number of aromatic nitrogens is 1. The van der Waals surface area contributed by atoms with E-state index in [1.165, 1.54) is 18.3 Å². The highest BCUT2D eigenvalue weighted by Crippen LogP contribution is 2.37. The second kappa shape index (κ2) is 8.21. The third-order valence-corrected chi connectivity index (χ3v) is 4.46. The molecule has 2 heterocycles. The van der Waals surface area contributed by atoms with E-state index in [0.717, 1.165) is 25.9 Å². The highest BCUT2D eigenvalue weighted by molar-refractivity contribution is 8.00. The summed E-state index contributed by atoms with van der Waals surface area (Å²) in [5, 5.41) is 5.67. The molecule has 0 atom stereocenters. The van der Waals surface area contributed by atoms with Crippen molar-refractivity contribution in [1.82, 2.24) is 15.6 Å². The molecule has 0 aliphatic carbocycles. The van der Waals surface area contributed by atoms with Crippen LogP contribution in [0.3, 0.4) is 0 Å². The molecule has 2 rings (SSSR count). The van der Waals surface area contributed by atoms with Gasteiger partial charge < -0.3 is 10.6 Å². The quantitative estimate of drug-likeness (QED) is 0.800. The van der Waals surface area contributed by atoms with E-state index in [0.29, 0.717) is 6.54 Å². The Labute approximate surface area is 143 Å². The average Bonchev–Trinajstić information content (AvgIpc) is 2.45. The summed E-state index contributed by atoms with van der Waals surface area (Å²) in [6, 6.07) is 2.82. The number of thioether (sulfide) groups is 1. The molecule has 1 saturated heterocycles. The van der Waals surface area contributed by atoms with Crippen molar-refractivity contribution in [3.63, 3.8) is 0 Å². The first-order valence-electron chi connectivity index (χ1n) is 6.99. The van der Waals surface area contributed by atoms with Crippen molar-refractivity contribution < 1.29 is 18.0 Å². The van der Waals surface area contributed by atoms with Gasteiger partial charge in [-0.25, -0.2) is 4.98 Å². The number of carbonyl (C=O) groups excluding carboxylic acids is 1. The van der Waals surface area contributed by atoms with Crippen LogP contribution in [0.2, 0.25) is 0 Å². The predicted octanol–water partition coefficient (Wildman–Crippen LogP) is 3.23. The van der Waals surface area contributed by atoms with Gasteiger partial charge in [-0.05, 0) is 43.5 Å². The number of alkyl halides is 3. The van der Waals surface area contributed by atoms with Crippen molar-refractivity contribution in [2.75, 3.05) is 19.6 Å². The maximum atomic E-state index is 12.5. The van der Waals surface area contributed by atoms with Crippen molar-refractivity contribution in [1.29, 1.82) is 0 Å². The molecule has 23 heavy (non-hydrogen) atoms. The largest absolute Gasteiger partial charge is 0.447 e. The summed E-state index contributed by atoms with van der Waals surface area (Å²) in [4.78, 5) is 15.9. The molecule has 0 spiro atoms. The average molecular weight is 370 g/mol. The van der Waals surface area contributed by atoms with Gasteiger partial charge >= 0.3 is 5.51 Å². The predicted molar refractivity (Wildman–Crippen MR) is 85.9 cm³/mol. The maximum Gasteiger partial charge on any atom is 0.447 e. The number of rotatable bonds is 4. The first-order chi connectivity index (χ1) is 10.3. The zero-order chi connectivity index (χ0) is 16.2. The number of amides is 1. The second-order valence-electron chi connectivity index (χ2n) is 5.65. The summed E-state index contributed by atoms with van der Waals surface area (Å²) in [5.74, 6) is -0.514. The van der Waals surface area contributed by atoms with Crippen LogP contribution < -0.4 is 10.6 Å². The lowest BCUT2D eigenvalue weighted by Crippen LogP contribution is -2.43. The second-order valence-corrected chi connectivity index (χ2v) is 6.70. The van der Waals surface area contributed by atoms with Crippen LogP contribution in [0.5, 0.6) is 0 Å².